The maximum atomic E-state index is 11.8. The summed E-state index contributed by atoms with van der Waals surface area (Å²) in [4.78, 5) is 27.5. The van der Waals surface area contributed by atoms with Crippen molar-refractivity contribution in [2.45, 2.75) is 25.7 Å². The predicted molar refractivity (Wildman–Crippen MR) is 61.5 cm³/mol. The molecule has 86 valence electrons. The molecule has 0 unspecified atom stereocenters. The van der Waals surface area contributed by atoms with Gasteiger partial charge in [-0.3, -0.25) is 4.79 Å². The predicted octanol–water partition coefficient (Wildman–Crippen LogP) is 1.78. The number of carbonyl (C=O) groups is 1. The minimum atomic E-state index is 0.156. The first-order valence-electron chi connectivity index (χ1n) is 5.73. The highest BCUT2D eigenvalue weighted by molar-refractivity contribution is 5.97. The second kappa shape index (κ2) is 4.08. The number of carbonyl (C=O) groups excluding carboxylic acids is 1. The Morgan fingerprint density at radius 1 is 1.18 bits per heavy atom. The van der Waals surface area contributed by atoms with E-state index in [2.05, 4.69) is 19.9 Å². The van der Waals surface area contributed by atoms with E-state index < -0.39 is 0 Å². The zero-order valence-corrected chi connectivity index (χ0v) is 9.31. The molecule has 0 atom stereocenters. The quantitative estimate of drug-likeness (QED) is 0.755. The van der Waals surface area contributed by atoms with E-state index in [9.17, 15) is 4.79 Å². The number of nitrogens with one attached hydrogen (secondary N) is 1. The first-order chi connectivity index (χ1) is 8.34. The lowest BCUT2D eigenvalue weighted by molar-refractivity contribution is 0.0981. The average molecular weight is 228 g/mol. The van der Waals surface area contributed by atoms with Crippen molar-refractivity contribution < 1.29 is 4.79 Å². The Kier molecular flexibility index (Phi) is 2.44. The molecule has 2 aromatic rings. The summed E-state index contributed by atoms with van der Waals surface area (Å²) >= 11 is 0. The van der Waals surface area contributed by atoms with Crippen molar-refractivity contribution in [3.05, 3.63) is 29.8 Å². The van der Waals surface area contributed by atoms with Crippen LogP contribution in [0.3, 0.4) is 0 Å². The third-order valence-electron chi connectivity index (χ3n) is 2.95. The Morgan fingerprint density at radius 3 is 2.88 bits per heavy atom. The fourth-order valence-electron chi connectivity index (χ4n) is 2.05. The average Bonchev–Trinajstić information content (AvgIpc) is 2.82. The Hall–Kier alpha value is -2.04. The molecule has 0 radical (unpaired) electrons. The zero-order valence-electron chi connectivity index (χ0n) is 9.31. The van der Waals surface area contributed by atoms with Crippen molar-refractivity contribution in [3.63, 3.8) is 0 Å². The van der Waals surface area contributed by atoms with Crippen molar-refractivity contribution in [2.24, 2.45) is 0 Å². The molecule has 0 fully saturated rings. The van der Waals surface area contributed by atoms with Gasteiger partial charge in [0, 0.05) is 25.0 Å². The van der Waals surface area contributed by atoms with E-state index in [0.29, 0.717) is 23.6 Å². The van der Waals surface area contributed by atoms with Crippen LogP contribution in [0.2, 0.25) is 0 Å². The second-order valence-electron chi connectivity index (χ2n) is 4.12. The molecule has 0 aromatic carbocycles. The van der Waals surface area contributed by atoms with E-state index in [1.807, 2.05) is 0 Å². The molecule has 2 aromatic heterocycles. The van der Waals surface area contributed by atoms with Gasteiger partial charge in [-0.1, -0.05) is 0 Å². The van der Waals surface area contributed by atoms with Crippen molar-refractivity contribution in [3.8, 4) is 11.6 Å². The van der Waals surface area contributed by atoms with E-state index in [0.717, 1.165) is 25.0 Å². The van der Waals surface area contributed by atoms with E-state index in [-0.39, 0.29) is 5.78 Å². The molecule has 0 spiro atoms. The number of hydrogen-bond donors (Lipinski definition) is 1. The van der Waals surface area contributed by atoms with Crippen LogP contribution in [0.25, 0.3) is 11.6 Å². The van der Waals surface area contributed by atoms with E-state index in [1.54, 1.807) is 18.6 Å². The number of imidazole rings is 1. The molecule has 0 amide bonds. The molecule has 0 bridgehead atoms. The molecule has 5 nitrogen and oxygen atoms in total. The molecule has 1 N–H and O–H groups in total. The van der Waals surface area contributed by atoms with Crippen LogP contribution in [0.5, 0.6) is 0 Å². The monoisotopic (exact) mass is 228 g/mol. The lowest BCUT2D eigenvalue weighted by Crippen LogP contribution is -2.05. The molecule has 1 aliphatic carbocycles. The fraction of sp³-hybridized carbons (Fsp3) is 0.333. The number of nitrogens with zero attached hydrogens (tertiary/aromatic N) is 3. The third kappa shape index (κ3) is 1.84. The van der Waals surface area contributed by atoms with Gasteiger partial charge in [0.1, 0.15) is 0 Å². The highest BCUT2D eigenvalue weighted by Crippen LogP contribution is 2.20. The summed E-state index contributed by atoms with van der Waals surface area (Å²) in [6.45, 7) is 0. The minimum Gasteiger partial charge on any atom is -0.342 e. The molecule has 1 aliphatic rings. The largest absolute Gasteiger partial charge is 0.342 e. The third-order valence-corrected chi connectivity index (χ3v) is 2.95. The van der Waals surface area contributed by atoms with Gasteiger partial charge >= 0.3 is 0 Å². The van der Waals surface area contributed by atoms with Crippen LogP contribution >= 0.6 is 0 Å². The molecule has 17 heavy (non-hydrogen) atoms. The Labute approximate surface area is 98.3 Å². The smallest absolute Gasteiger partial charge is 0.195 e. The number of rotatable bonds is 1. The van der Waals surface area contributed by atoms with Crippen molar-refractivity contribution in [2.75, 3.05) is 0 Å². The van der Waals surface area contributed by atoms with E-state index in [1.165, 1.54) is 0 Å². The van der Waals surface area contributed by atoms with Crippen molar-refractivity contribution in [1.82, 2.24) is 19.9 Å². The van der Waals surface area contributed by atoms with Crippen LogP contribution in [0.1, 0.15) is 35.3 Å². The van der Waals surface area contributed by atoms with Crippen LogP contribution in [0.4, 0.5) is 0 Å². The topological polar surface area (TPSA) is 71.5 Å². The maximum Gasteiger partial charge on any atom is 0.195 e. The minimum absolute atomic E-state index is 0.156. The molecule has 3 rings (SSSR count). The summed E-state index contributed by atoms with van der Waals surface area (Å²) in [6, 6.07) is 0. The molecule has 0 aliphatic heterocycles. The highest BCUT2D eigenvalue weighted by atomic mass is 16.1. The number of Topliss-reactive ketones (excluding diaryl/α,β-unsaturated/α-hetero) is 1. The fourth-order valence-corrected chi connectivity index (χ4v) is 2.05. The number of aromatic nitrogens is 4. The van der Waals surface area contributed by atoms with Gasteiger partial charge < -0.3 is 4.98 Å². The van der Waals surface area contributed by atoms with Crippen LogP contribution < -0.4 is 0 Å². The van der Waals surface area contributed by atoms with Gasteiger partial charge in [0.25, 0.3) is 0 Å². The number of ketones is 1. The van der Waals surface area contributed by atoms with Crippen LogP contribution in [0, 0.1) is 0 Å². The Bertz CT molecular complexity index is 548. The zero-order chi connectivity index (χ0) is 11.7. The van der Waals surface area contributed by atoms with Crippen molar-refractivity contribution >= 4 is 5.78 Å². The molecule has 5 heteroatoms. The first kappa shape index (κ1) is 10.1. The van der Waals surface area contributed by atoms with Gasteiger partial charge in [-0.15, -0.1) is 0 Å². The molecule has 0 saturated carbocycles. The Morgan fingerprint density at radius 2 is 2.06 bits per heavy atom. The maximum absolute atomic E-state index is 11.8. The lowest BCUT2D eigenvalue weighted by Gasteiger charge is -2.04. The van der Waals surface area contributed by atoms with Gasteiger partial charge in [0.15, 0.2) is 17.4 Å². The molecular formula is C12H12N4O. The van der Waals surface area contributed by atoms with Gasteiger partial charge in [-0.05, 0) is 19.3 Å². The van der Waals surface area contributed by atoms with E-state index >= 15 is 0 Å². The summed E-state index contributed by atoms with van der Waals surface area (Å²) in [5.74, 6) is 1.36. The van der Waals surface area contributed by atoms with Crippen LogP contribution in [-0.4, -0.2) is 25.7 Å². The summed E-state index contributed by atoms with van der Waals surface area (Å²) in [5, 5.41) is 0. The number of H-pyrrole nitrogens is 1. The summed E-state index contributed by atoms with van der Waals surface area (Å²) < 4.78 is 0. The number of aromatic amines is 1. The molecule has 0 saturated heterocycles. The molecule has 2 heterocycles. The molecular weight excluding hydrogens is 216 g/mol. The second-order valence-corrected chi connectivity index (χ2v) is 4.12. The number of hydrogen-bond acceptors (Lipinski definition) is 4. The van der Waals surface area contributed by atoms with Crippen LogP contribution in [-0.2, 0) is 6.42 Å². The lowest BCUT2D eigenvalue weighted by atomic mass is 10.1. The van der Waals surface area contributed by atoms with Crippen molar-refractivity contribution in [1.29, 1.82) is 0 Å². The van der Waals surface area contributed by atoms with Crippen LogP contribution in [0.15, 0.2) is 18.6 Å². The SMILES string of the molecule is O=C1CCCCc2nc(-c3ncc[nH]3)ncc21. The van der Waals surface area contributed by atoms with Gasteiger partial charge in [-0.25, -0.2) is 15.0 Å². The summed E-state index contributed by atoms with van der Waals surface area (Å²) in [6.07, 6.45) is 8.42. The summed E-state index contributed by atoms with van der Waals surface area (Å²) in [7, 11) is 0. The van der Waals surface area contributed by atoms with Gasteiger partial charge in [0.05, 0.1) is 11.3 Å². The normalized spacial score (nSPS) is 15.4. The highest BCUT2D eigenvalue weighted by Gasteiger charge is 2.18. The standard InChI is InChI=1S/C12H12N4O/c17-10-4-2-1-3-9-8(10)7-15-12(16-9)11-13-5-6-14-11/h5-7H,1-4H2,(H,13,14). The van der Waals surface area contributed by atoms with E-state index in [4.69, 9.17) is 0 Å². The Balaban J connectivity index is 2.06. The summed E-state index contributed by atoms with van der Waals surface area (Å²) in [5.41, 5.74) is 1.53. The first-order valence-corrected chi connectivity index (χ1v) is 5.73. The number of fused-ring (bicyclic) bond motifs is 1. The number of aryl methyl sites for hydroxylation is 1. The van der Waals surface area contributed by atoms with Gasteiger partial charge in [-0.2, -0.15) is 0 Å². The van der Waals surface area contributed by atoms with Gasteiger partial charge in [0.2, 0.25) is 0 Å².